The molecule has 0 spiro atoms. The molecule has 0 amide bonds. The number of benzene rings is 2. The van der Waals surface area contributed by atoms with Crippen molar-refractivity contribution in [1.29, 1.82) is 0 Å². The summed E-state index contributed by atoms with van der Waals surface area (Å²) >= 11 is 0. The van der Waals surface area contributed by atoms with Crippen molar-refractivity contribution in [2.24, 2.45) is 0 Å². The van der Waals surface area contributed by atoms with Crippen LogP contribution in [0, 0.1) is 0 Å². The zero-order chi connectivity index (χ0) is 11.9. The lowest BCUT2D eigenvalue weighted by Crippen LogP contribution is -2.04. The smallest absolute Gasteiger partial charge is 0.133 e. The average molecular weight is 234 g/mol. The van der Waals surface area contributed by atoms with Crippen molar-refractivity contribution in [3.63, 3.8) is 0 Å². The first kappa shape index (κ1) is 9.59. The summed E-state index contributed by atoms with van der Waals surface area (Å²) in [5.41, 5.74) is 3.33. The Morgan fingerprint density at radius 2 is 1.94 bits per heavy atom. The van der Waals surface area contributed by atoms with Gasteiger partial charge in [0.1, 0.15) is 17.8 Å². The third-order valence-electron chi connectivity index (χ3n) is 3.30. The van der Waals surface area contributed by atoms with Crippen molar-refractivity contribution in [3.8, 4) is 11.5 Å². The molecule has 0 fully saturated rings. The maximum Gasteiger partial charge on any atom is 0.133 e. The number of hydrogen-bond donors (Lipinski definition) is 0. The molecule has 0 saturated heterocycles. The van der Waals surface area contributed by atoms with Gasteiger partial charge in [-0.3, -0.25) is 0 Å². The van der Waals surface area contributed by atoms with Gasteiger partial charge < -0.3 is 4.74 Å². The van der Waals surface area contributed by atoms with E-state index in [2.05, 4.69) is 16.0 Å². The first-order chi connectivity index (χ1) is 8.92. The van der Waals surface area contributed by atoms with Crippen LogP contribution in [0.2, 0.25) is 0 Å². The van der Waals surface area contributed by atoms with Crippen molar-refractivity contribution in [1.82, 2.24) is 9.97 Å². The molecule has 3 aromatic rings. The first-order valence-electron chi connectivity index (χ1n) is 5.89. The predicted octanol–water partition coefficient (Wildman–Crippen LogP) is 3.33. The molecule has 0 saturated carbocycles. The monoisotopic (exact) mass is 234 g/mol. The summed E-state index contributed by atoms with van der Waals surface area (Å²) in [6, 6.07) is 12.1. The molecule has 0 N–H and O–H groups in total. The van der Waals surface area contributed by atoms with E-state index in [1.807, 2.05) is 36.5 Å². The van der Waals surface area contributed by atoms with E-state index in [-0.39, 0.29) is 0 Å². The second-order valence-corrected chi connectivity index (χ2v) is 4.39. The van der Waals surface area contributed by atoms with Crippen LogP contribution in [-0.4, -0.2) is 9.97 Å². The van der Waals surface area contributed by atoms with Crippen molar-refractivity contribution >= 4 is 10.9 Å². The maximum absolute atomic E-state index is 5.93. The molecule has 0 unspecified atom stereocenters. The third kappa shape index (κ3) is 1.31. The highest BCUT2D eigenvalue weighted by atomic mass is 16.5. The molecule has 2 heterocycles. The lowest BCUT2D eigenvalue weighted by atomic mass is 9.98. The van der Waals surface area contributed by atoms with Crippen LogP contribution in [-0.2, 0) is 6.42 Å². The molecule has 0 aliphatic carbocycles. The van der Waals surface area contributed by atoms with E-state index in [9.17, 15) is 0 Å². The van der Waals surface area contributed by atoms with Gasteiger partial charge in [-0.2, -0.15) is 0 Å². The summed E-state index contributed by atoms with van der Waals surface area (Å²) in [5.74, 6) is 1.85. The van der Waals surface area contributed by atoms with Crippen LogP contribution in [0.15, 0.2) is 48.9 Å². The summed E-state index contributed by atoms with van der Waals surface area (Å²) in [6.07, 6.45) is 4.28. The van der Waals surface area contributed by atoms with E-state index in [1.54, 1.807) is 6.33 Å². The Kier molecular flexibility index (Phi) is 1.88. The second kappa shape index (κ2) is 3.53. The average Bonchev–Trinajstić information content (AvgIpc) is 2.45. The van der Waals surface area contributed by atoms with Gasteiger partial charge in [-0.05, 0) is 23.8 Å². The minimum Gasteiger partial charge on any atom is -0.457 e. The van der Waals surface area contributed by atoms with Gasteiger partial charge >= 0.3 is 0 Å². The largest absolute Gasteiger partial charge is 0.457 e. The molecule has 3 nitrogen and oxygen atoms in total. The minimum absolute atomic E-state index is 0.861. The quantitative estimate of drug-likeness (QED) is 0.468. The maximum atomic E-state index is 5.93. The van der Waals surface area contributed by atoms with Gasteiger partial charge in [-0.25, -0.2) is 9.97 Å². The summed E-state index contributed by atoms with van der Waals surface area (Å²) < 4.78 is 5.93. The molecular formula is C15H10N2O. The van der Waals surface area contributed by atoms with Crippen molar-refractivity contribution in [2.45, 2.75) is 6.42 Å². The van der Waals surface area contributed by atoms with Crippen LogP contribution < -0.4 is 4.74 Å². The Hall–Kier alpha value is -2.42. The molecule has 86 valence electrons. The Morgan fingerprint density at radius 1 is 1.00 bits per heavy atom. The molecule has 18 heavy (non-hydrogen) atoms. The fraction of sp³-hybridized carbons (Fsp3) is 0.0667. The van der Waals surface area contributed by atoms with E-state index in [0.29, 0.717) is 0 Å². The van der Waals surface area contributed by atoms with Crippen LogP contribution in [0.1, 0.15) is 11.1 Å². The summed E-state index contributed by atoms with van der Waals surface area (Å²) in [7, 11) is 0. The normalized spacial score (nSPS) is 12.7. The molecule has 0 bridgehead atoms. The predicted molar refractivity (Wildman–Crippen MR) is 68.9 cm³/mol. The molecule has 3 heteroatoms. The lowest BCUT2D eigenvalue weighted by Gasteiger charge is -2.20. The molecule has 1 aromatic heterocycles. The fourth-order valence-corrected chi connectivity index (χ4v) is 2.42. The number of aromatic nitrogens is 2. The number of fused-ring (bicyclic) bond motifs is 4. The first-order valence-corrected chi connectivity index (χ1v) is 5.89. The number of para-hydroxylation sites is 1. The van der Waals surface area contributed by atoms with Crippen LogP contribution in [0.4, 0.5) is 0 Å². The van der Waals surface area contributed by atoms with E-state index >= 15 is 0 Å². The van der Waals surface area contributed by atoms with Crippen molar-refractivity contribution in [2.75, 3.05) is 0 Å². The zero-order valence-corrected chi connectivity index (χ0v) is 9.63. The summed E-state index contributed by atoms with van der Waals surface area (Å²) in [5, 5.41) is 1.05. The summed E-state index contributed by atoms with van der Waals surface area (Å²) in [6.45, 7) is 0. The van der Waals surface area contributed by atoms with Crippen LogP contribution in [0.25, 0.3) is 10.9 Å². The van der Waals surface area contributed by atoms with Gasteiger partial charge in [0.2, 0.25) is 0 Å². The molecule has 0 atom stereocenters. The highest BCUT2D eigenvalue weighted by Crippen LogP contribution is 2.38. The van der Waals surface area contributed by atoms with E-state index in [4.69, 9.17) is 4.74 Å². The summed E-state index contributed by atoms with van der Waals surface area (Å²) in [4.78, 5) is 8.43. The standard InChI is InChI=1S/C15H10N2O/c1-2-4-13-10(3-1)7-12-14(18-13)6-5-11-8-16-9-17-15(11)12/h1-6,8-9H,7H2. The number of rotatable bonds is 0. The molecule has 1 aliphatic heterocycles. The van der Waals surface area contributed by atoms with Gasteiger partial charge in [0.05, 0.1) is 5.52 Å². The van der Waals surface area contributed by atoms with Crippen molar-refractivity contribution < 1.29 is 4.74 Å². The van der Waals surface area contributed by atoms with Gasteiger partial charge in [-0.15, -0.1) is 0 Å². The Morgan fingerprint density at radius 3 is 2.94 bits per heavy atom. The van der Waals surface area contributed by atoms with Gasteiger partial charge in [0, 0.05) is 23.6 Å². The fourth-order valence-electron chi connectivity index (χ4n) is 2.42. The number of ether oxygens (including phenoxy) is 1. The van der Waals surface area contributed by atoms with Crippen molar-refractivity contribution in [3.05, 3.63) is 60.0 Å². The topological polar surface area (TPSA) is 35.0 Å². The molecule has 4 rings (SSSR count). The number of nitrogens with zero attached hydrogens (tertiary/aromatic N) is 2. The SMILES string of the molecule is c1ccc2c(c1)Cc1c(ccc3cncnc13)O2. The Bertz CT molecular complexity index is 752. The number of hydrogen-bond acceptors (Lipinski definition) is 3. The lowest BCUT2D eigenvalue weighted by molar-refractivity contribution is 0.461. The van der Waals surface area contributed by atoms with Gasteiger partial charge in [0.25, 0.3) is 0 Å². The van der Waals surface area contributed by atoms with Gasteiger partial charge in [0.15, 0.2) is 0 Å². The molecule has 1 aliphatic rings. The van der Waals surface area contributed by atoms with Gasteiger partial charge in [-0.1, -0.05) is 18.2 Å². The molecular weight excluding hydrogens is 224 g/mol. The van der Waals surface area contributed by atoms with E-state index < -0.39 is 0 Å². The Balaban J connectivity index is 1.98. The van der Waals surface area contributed by atoms with Crippen LogP contribution in [0.3, 0.4) is 0 Å². The highest BCUT2D eigenvalue weighted by Gasteiger charge is 2.19. The zero-order valence-electron chi connectivity index (χ0n) is 9.63. The van der Waals surface area contributed by atoms with Crippen LogP contribution in [0.5, 0.6) is 11.5 Å². The second-order valence-electron chi connectivity index (χ2n) is 4.39. The minimum atomic E-state index is 0.861. The molecule has 0 radical (unpaired) electrons. The van der Waals surface area contributed by atoms with Crippen LogP contribution >= 0.6 is 0 Å². The highest BCUT2D eigenvalue weighted by molar-refractivity contribution is 5.84. The van der Waals surface area contributed by atoms with E-state index in [1.165, 1.54) is 5.56 Å². The van der Waals surface area contributed by atoms with E-state index in [0.717, 1.165) is 34.4 Å². The third-order valence-corrected chi connectivity index (χ3v) is 3.30. The Labute approximate surface area is 104 Å². The molecule has 2 aromatic carbocycles.